The molecule has 3 rings (SSSR count). The van der Waals surface area contributed by atoms with Crippen molar-refractivity contribution in [3.8, 4) is 0 Å². The molecule has 0 unspecified atom stereocenters. The number of carboxylic acids is 2. The summed E-state index contributed by atoms with van der Waals surface area (Å²) in [6.07, 6.45) is 10.2. The zero-order valence-electron chi connectivity index (χ0n) is 14.7. The molecule has 2 heterocycles. The van der Waals surface area contributed by atoms with Gasteiger partial charge >= 0.3 is 11.9 Å². The molecular weight excluding hydrogens is 338 g/mol. The predicted octanol–water partition coefficient (Wildman–Crippen LogP) is 1.33. The molecule has 1 aromatic rings. The number of rotatable bonds is 2. The molecule has 0 bridgehead atoms. The van der Waals surface area contributed by atoms with E-state index in [0.29, 0.717) is 5.56 Å². The van der Waals surface area contributed by atoms with Gasteiger partial charge < -0.3 is 15.1 Å². The molecule has 2 N–H and O–H groups in total. The summed E-state index contributed by atoms with van der Waals surface area (Å²) in [7, 11) is 0. The number of piperazine rings is 1. The quantitative estimate of drug-likeness (QED) is 0.763. The largest absolute Gasteiger partial charge is 0.473 e. The van der Waals surface area contributed by atoms with Crippen LogP contribution >= 0.6 is 0 Å². The Kier molecular flexibility index (Phi) is 7.53. The van der Waals surface area contributed by atoms with E-state index in [1.165, 1.54) is 32.1 Å². The van der Waals surface area contributed by atoms with Crippen molar-refractivity contribution in [3.05, 3.63) is 30.1 Å². The minimum Gasteiger partial charge on any atom is -0.473 e. The molecule has 26 heavy (non-hydrogen) atoms. The van der Waals surface area contributed by atoms with Gasteiger partial charge in [-0.15, -0.1) is 0 Å². The molecule has 2 aliphatic rings. The lowest BCUT2D eigenvalue weighted by molar-refractivity contribution is -0.159. The second kappa shape index (κ2) is 9.86. The molecule has 1 aromatic heterocycles. The fraction of sp³-hybridized carbons (Fsp3) is 0.556. The van der Waals surface area contributed by atoms with Crippen LogP contribution in [0.1, 0.15) is 42.5 Å². The van der Waals surface area contributed by atoms with E-state index >= 15 is 0 Å². The first-order valence-electron chi connectivity index (χ1n) is 8.88. The van der Waals surface area contributed by atoms with Crippen molar-refractivity contribution in [1.29, 1.82) is 0 Å². The summed E-state index contributed by atoms with van der Waals surface area (Å²) in [4.78, 5) is 39.1. The van der Waals surface area contributed by atoms with Gasteiger partial charge in [0, 0.05) is 44.6 Å². The van der Waals surface area contributed by atoms with E-state index in [0.717, 1.165) is 32.2 Å². The molecule has 1 saturated heterocycles. The number of aromatic nitrogens is 1. The van der Waals surface area contributed by atoms with E-state index in [1.807, 2.05) is 17.0 Å². The Balaban J connectivity index is 0.000000352. The van der Waals surface area contributed by atoms with Crippen molar-refractivity contribution >= 4 is 17.8 Å². The van der Waals surface area contributed by atoms with Crippen LogP contribution < -0.4 is 0 Å². The van der Waals surface area contributed by atoms with Crippen LogP contribution in [0.25, 0.3) is 0 Å². The maximum absolute atomic E-state index is 12.4. The summed E-state index contributed by atoms with van der Waals surface area (Å²) in [5, 5.41) is 14.8. The summed E-state index contributed by atoms with van der Waals surface area (Å²) >= 11 is 0. The zero-order chi connectivity index (χ0) is 18.9. The lowest BCUT2D eigenvalue weighted by Gasteiger charge is -2.40. The molecule has 0 aromatic carbocycles. The maximum Gasteiger partial charge on any atom is 0.414 e. The Morgan fingerprint density at radius 2 is 1.58 bits per heavy atom. The third-order valence-corrected chi connectivity index (χ3v) is 4.78. The summed E-state index contributed by atoms with van der Waals surface area (Å²) < 4.78 is 0. The van der Waals surface area contributed by atoms with Gasteiger partial charge in [0.25, 0.3) is 5.91 Å². The van der Waals surface area contributed by atoms with Crippen LogP contribution in [-0.2, 0) is 9.59 Å². The zero-order valence-corrected chi connectivity index (χ0v) is 14.7. The number of carbonyl (C=O) groups is 3. The lowest BCUT2D eigenvalue weighted by Crippen LogP contribution is -2.52. The summed E-state index contributed by atoms with van der Waals surface area (Å²) in [5.41, 5.74) is 0.707. The highest BCUT2D eigenvalue weighted by Crippen LogP contribution is 2.23. The topological polar surface area (TPSA) is 111 Å². The van der Waals surface area contributed by atoms with Crippen LogP contribution in [0.4, 0.5) is 0 Å². The van der Waals surface area contributed by atoms with Crippen LogP contribution in [-0.4, -0.2) is 75.1 Å². The van der Waals surface area contributed by atoms with Gasteiger partial charge in [0.1, 0.15) is 0 Å². The molecule has 0 atom stereocenters. The average molecular weight is 363 g/mol. The smallest absolute Gasteiger partial charge is 0.414 e. The number of aliphatic carboxylic acids is 2. The fourth-order valence-electron chi connectivity index (χ4n) is 3.41. The monoisotopic (exact) mass is 363 g/mol. The van der Waals surface area contributed by atoms with Crippen molar-refractivity contribution in [2.45, 2.75) is 38.1 Å². The van der Waals surface area contributed by atoms with Crippen LogP contribution in [0.15, 0.2) is 24.5 Å². The minimum absolute atomic E-state index is 0.126. The van der Waals surface area contributed by atoms with E-state index in [1.54, 1.807) is 12.4 Å². The number of carbonyl (C=O) groups excluding carboxylic acids is 1. The van der Waals surface area contributed by atoms with Crippen LogP contribution in [0.3, 0.4) is 0 Å². The molecule has 1 saturated carbocycles. The number of nitrogens with zero attached hydrogens (tertiary/aromatic N) is 3. The molecular formula is C18H25N3O5. The molecule has 0 radical (unpaired) electrons. The normalized spacial score (nSPS) is 18.5. The Morgan fingerprint density at radius 1 is 0.962 bits per heavy atom. The first-order chi connectivity index (χ1) is 12.5. The third-order valence-electron chi connectivity index (χ3n) is 4.78. The maximum atomic E-state index is 12.4. The number of carboxylic acid groups (broad SMARTS) is 2. The third kappa shape index (κ3) is 5.80. The van der Waals surface area contributed by atoms with Crippen molar-refractivity contribution in [2.75, 3.05) is 26.2 Å². The highest BCUT2D eigenvalue weighted by Gasteiger charge is 2.27. The average Bonchev–Trinajstić information content (AvgIpc) is 2.69. The molecule has 142 valence electrons. The van der Waals surface area contributed by atoms with Gasteiger partial charge in [0.05, 0.1) is 5.56 Å². The van der Waals surface area contributed by atoms with E-state index in [4.69, 9.17) is 19.8 Å². The van der Waals surface area contributed by atoms with E-state index in [2.05, 4.69) is 9.88 Å². The minimum atomic E-state index is -1.82. The standard InChI is InChI=1S/C16H23N3O.C2H2O4/c20-16(14-5-4-8-17-13-14)19-11-9-18(10-12-19)15-6-2-1-3-7-15;3-1(4)2(5)6/h4-5,8,13,15H,1-3,6-7,9-12H2;(H,3,4)(H,5,6). The van der Waals surface area contributed by atoms with Gasteiger partial charge in [-0.2, -0.15) is 0 Å². The lowest BCUT2D eigenvalue weighted by atomic mass is 9.94. The Bertz CT molecular complexity index is 597. The molecule has 1 amide bonds. The van der Waals surface area contributed by atoms with Crippen LogP contribution in [0.2, 0.25) is 0 Å². The molecule has 8 nitrogen and oxygen atoms in total. The first-order valence-corrected chi connectivity index (χ1v) is 8.88. The highest BCUT2D eigenvalue weighted by molar-refractivity contribution is 6.27. The molecule has 1 aliphatic carbocycles. The van der Waals surface area contributed by atoms with Crippen LogP contribution in [0, 0.1) is 0 Å². The molecule has 0 spiro atoms. The number of hydrogen-bond acceptors (Lipinski definition) is 5. The van der Waals surface area contributed by atoms with Gasteiger partial charge in [0.15, 0.2) is 0 Å². The SMILES string of the molecule is O=C(O)C(=O)O.O=C(c1cccnc1)N1CCN(C2CCCCC2)CC1. The number of amides is 1. The Hall–Kier alpha value is -2.48. The number of pyridine rings is 1. The number of hydrogen-bond donors (Lipinski definition) is 2. The second-order valence-electron chi connectivity index (χ2n) is 6.47. The predicted molar refractivity (Wildman–Crippen MR) is 93.9 cm³/mol. The van der Waals surface area contributed by atoms with Crippen LogP contribution in [0.5, 0.6) is 0 Å². The van der Waals surface area contributed by atoms with Gasteiger partial charge in [-0.05, 0) is 25.0 Å². The van der Waals surface area contributed by atoms with E-state index in [-0.39, 0.29) is 5.91 Å². The highest BCUT2D eigenvalue weighted by atomic mass is 16.4. The summed E-state index contributed by atoms with van der Waals surface area (Å²) in [6, 6.07) is 4.44. The van der Waals surface area contributed by atoms with Crippen molar-refractivity contribution in [1.82, 2.24) is 14.8 Å². The molecule has 8 heteroatoms. The van der Waals surface area contributed by atoms with Gasteiger partial charge in [0.2, 0.25) is 0 Å². The van der Waals surface area contributed by atoms with Crippen molar-refractivity contribution in [3.63, 3.8) is 0 Å². The Labute approximate surface area is 152 Å². The summed E-state index contributed by atoms with van der Waals surface area (Å²) in [5.74, 6) is -3.52. The van der Waals surface area contributed by atoms with Gasteiger partial charge in [-0.25, -0.2) is 9.59 Å². The van der Waals surface area contributed by atoms with Crippen molar-refractivity contribution < 1.29 is 24.6 Å². The first kappa shape index (κ1) is 19.8. The molecule has 2 fully saturated rings. The fourth-order valence-corrected chi connectivity index (χ4v) is 3.41. The van der Waals surface area contributed by atoms with Crippen molar-refractivity contribution in [2.24, 2.45) is 0 Å². The Morgan fingerprint density at radius 3 is 2.08 bits per heavy atom. The van der Waals surface area contributed by atoms with Gasteiger partial charge in [-0.1, -0.05) is 19.3 Å². The van der Waals surface area contributed by atoms with E-state index < -0.39 is 11.9 Å². The van der Waals surface area contributed by atoms with Gasteiger partial charge in [-0.3, -0.25) is 14.7 Å². The molecule has 1 aliphatic heterocycles. The summed E-state index contributed by atoms with van der Waals surface area (Å²) in [6.45, 7) is 3.75. The second-order valence-corrected chi connectivity index (χ2v) is 6.47. The van der Waals surface area contributed by atoms with E-state index in [9.17, 15) is 4.79 Å².